The van der Waals surface area contributed by atoms with Crippen LogP contribution in [-0.4, -0.2) is 11.8 Å². The summed E-state index contributed by atoms with van der Waals surface area (Å²) in [4.78, 5) is 0. The van der Waals surface area contributed by atoms with Gasteiger partial charge < -0.3 is 5.73 Å². The molecule has 0 bridgehead atoms. The molecular weight excluding hydrogens is 274 g/mol. The van der Waals surface area contributed by atoms with Gasteiger partial charge >= 0.3 is 0 Å². The largest absolute Gasteiger partial charge is 0.330 e. The number of halogens is 1. The van der Waals surface area contributed by atoms with Crippen LogP contribution < -0.4 is 5.73 Å². The summed E-state index contributed by atoms with van der Waals surface area (Å²) in [5.41, 5.74) is 7.30. The molecule has 0 aromatic heterocycles. The molecule has 1 aromatic carbocycles. The predicted octanol–water partition coefficient (Wildman–Crippen LogP) is 4.73. The molecule has 0 radical (unpaired) electrons. The van der Waals surface area contributed by atoms with Gasteiger partial charge in [0, 0.05) is 16.0 Å². The number of hydrogen-bond acceptors (Lipinski definition) is 2. The second kappa shape index (κ2) is 7.56. The van der Waals surface area contributed by atoms with Gasteiger partial charge in [0.25, 0.3) is 0 Å². The van der Waals surface area contributed by atoms with Gasteiger partial charge in [-0.3, -0.25) is 0 Å². The molecule has 0 aliphatic heterocycles. The van der Waals surface area contributed by atoms with Crippen molar-refractivity contribution in [1.29, 1.82) is 0 Å². The van der Waals surface area contributed by atoms with E-state index >= 15 is 0 Å². The Morgan fingerprint density at radius 1 is 1.26 bits per heavy atom. The second-order valence-electron chi connectivity index (χ2n) is 5.56. The van der Waals surface area contributed by atoms with Crippen LogP contribution in [0.25, 0.3) is 0 Å². The third kappa shape index (κ3) is 4.40. The Morgan fingerprint density at radius 2 is 2.00 bits per heavy atom. The van der Waals surface area contributed by atoms with E-state index in [1.54, 1.807) is 0 Å². The molecule has 1 aliphatic carbocycles. The predicted molar refractivity (Wildman–Crippen MR) is 86.7 cm³/mol. The molecule has 19 heavy (non-hydrogen) atoms. The molecule has 3 unspecified atom stereocenters. The maximum absolute atomic E-state index is 5.94. The van der Waals surface area contributed by atoms with Gasteiger partial charge in [-0.15, -0.1) is 0 Å². The summed E-state index contributed by atoms with van der Waals surface area (Å²) in [6, 6.07) is 8.22. The summed E-state index contributed by atoms with van der Waals surface area (Å²) in [5, 5.41) is 1.55. The summed E-state index contributed by atoms with van der Waals surface area (Å²) in [7, 11) is 0. The number of hydrogen-bond donors (Lipinski definition) is 1. The molecule has 1 saturated carbocycles. The molecule has 1 aliphatic rings. The number of rotatable bonds is 5. The van der Waals surface area contributed by atoms with Crippen LogP contribution in [0.5, 0.6) is 0 Å². The van der Waals surface area contributed by atoms with Crippen LogP contribution in [0.2, 0.25) is 5.02 Å². The van der Waals surface area contributed by atoms with E-state index in [0.717, 1.165) is 28.5 Å². The third-order valence-electron chi connectivity index (χ3n) is 4.29. The lowest BCUT2D eigenvalue weighted by Crippen LogP contribution is -2.32. The van der Waals surface area contributed by atoms with Crippen LogP contribution >= 0.6 is 23.4 Å². The van der Waals surface area contributed by atoms with Crippen molar-refractivity contribution in [1.82, 2.24) is 0 Å². The minimum absolute atomic E-state index is 0.708. The minimum atomic E-state index is 0.708. The Hall–Kier alpha value is -0.180. The van der Waals surface area contributed by atoms with Crippen LogP contribution in [0, 0.1) is 11.8 Å². The quantitative estimate of drug-likeness (QED) is 0.850. The fraction of sp³-hybridized carbons (Fsp3) is 0.625. The van der Waals surface area contributed by atoms with Crippen LogP contribution in [-0.2, 0) is 5.75 Å². The Kier molecular flexibility index (Phi) is 6.06. The molecule has 3 heteroatoms. The van der Waals surface area contributed by atoms with Crippen molar-refractivity contribution in [3.63, 3.8) is 0 Å². The Bertz CT molecular complexity index is 379. The Morgan fingerprint density at radius 3 is 2.63 bits per heavy atom. The highest BCUT2D eigenvalue weighted by atomic mass is 35.5. The van der Waals surface area contributed by atoms with Crippen LogP contribution in [0.3, 0.4) is 0 Å². The van der Waals surface area contributed by atoms with Gasteiger partial charge in [0.1, 0.15) is 0 Å². The van der Waals surface area contributed by atoms with Crippen molar-refractivity contribution in [2.75, 3.05) is 6.54 Å². The fourth-order valence-electron chi connectivity index (χ4n) is 2.90. The van der Waals surface area contributed by atoms with E-state index in [4.69, 9.17) is 17.3 Å². The van der Waals surface area contributed by atoms with Crippen molar-refractivity contribution in [2.24, 2.45) is 17.6 Å². The summed E-state index contributed by atoms with van der Waals surface area (Å²) in [6.07, 6.45) is 5.34. The second-order valence-corrected chi connectivity index (χ2v) is 7.22. The highest BCUT2D eigenvalue weighted by molar-refractivity contribution is 7.99. The normalized spacial score (nSPS) is 27.4. The highest BCUT2D eigenvalue weighted by Gasteiger charge is 2.28. The first-order valence-electron chi connectivity index (χ1n) is 7.29. The van der Waals surface area contributed by atoms with Gasteiger partial charge in [0.15, 0.2) is 0 Å². The van der Waals surface area contributed by atoms with Crippen LogP contribution in [0.4, 0.5) is 0 Å². The summed E-state index contributed by atoms with van der Waals surface area (Å²) < 4.78 is 0. The van der Waals surface area contributed by atoms with Crippen molar-refractivity contribution < 1.29 is 0 Å². The fourth-order valence-corrected chi connectivity index (χ4v) is 4.56. The Balaban J connectivity index is 1.90. The van der Waals surface area contributed by atoms with Crippen LogP contribution in [0.1, 0.15) is 38.2 Å². The standard InChI is InChI=1S/C16H24ClNS/c1-2-12-3-6-14(10-18)16(9-12)19-11-13-4-7-15(17)8-5-13/h4-5,7-8,12,14,16H,2-3,6,9-11,18H2,1H3. The zero-order valence-electron chi connectivity index (χ0n) is 11.6. The molecule has 0 heterocycles. The molecule has 3 atom stereocenters. The van der Waals surface area contributed by atoms with Crippen LogP contribution in [0.15, 0.2) is 24.3 Å². The van der Waals surface area contributed by atoms with E-state index in [2.05, 4.69) is 30.8 Å². The lowest BCUT2D eigenvalue weighted by molar-refractivity contribution is 0.283. The minimum Gasteiger partial charge on any atom is -0.330 e. The molecule has 2 N–H and O–H groups in total. The molecule has 0 amide bonds. The van der Waals surface area contributed by atoms with Gasteiger partial charge in [-0.1, -0.05) is 43.5 Å². The van der Waals surface area contributed by atoms with E-state index in [-0.39, 0.29) is 0 Å². The van der Waals surface area contributed by atoms with Gasteiger partial charge in [-0.25, -0.2) is 0 Å². The van der Waals surface area contributed by atoms with E-state index in [9.17, 15) is 0 Å². The summed E-state index contributed by atoms with van der Waals surface area (Å²) in [6.45, 7) is 3.16. The summed E-state index contributed by atoms with van der Waals surface area (Å²) in [5.74, 6) is 2.69. The molecule has 0 spiro atoms. The molecular formula is C16H24ClNS. The molecule has 1 aromatic rings. The van der Waals surface area contributed by atoms with Gasteiger partial charge in [0.05, 0.1) is 0 Å². The topological polar surface area (TPSA) is 26.0 Å². The molecule has 0 saturated heterocycles. The zero-order chi connectivity index (χ0) is 13.7. The lowest BCUT2D eigenvalue weighted by Gasteiger charge is -2.35. The average Bonchev–Trinajstić information content (AvgIpc) is 2.46. The lowest BCUT2D eigenvalue weighted by atomic mass is 9.80. The van der Waals surface area contributed by atoms with Gasteiger partial charge in [-0.05, 0) is 48.9 Å². The van der Waals surface area contributed by atoms with Crippen molar-refractivity contribution in [3.05, 3.63) is 34.9 Å². The summed E-state index contributed by atoms with van der Waals surface area (Å²) >= 11 is 8.01. The maximum atomic E-state index is 5.94. The first-order valence-corrected chi connectivity index (χ1v) is 8.71. The van der Waals surface area contributed by atoms with Crippen molar-refractivity contribution in [3.8, 4) is 0 Å². The molecule has 1 fully saturated rings. The SMILES string of the molecule is CCC1CCC(CN)C(SCc2ccc(Cl)cc2)C1. The highest BCUT2D eigenvalue weighted by Crippen LogP contribution is 2.38. The molecule has 2 rings (SSSR count). The first kappa shape index (κ1) is 15.2. The van der Waals surface area contributed by atoms with E-state index in [0.29, 0.717) is 5.92 Å². The van der Waals surface area contributed by atoms with Crippen molar-refractivity contribution in [2.45, 2.75) is 43.6 Å². The van der Waals surface area contributed by atoms with Gasteiger partial charge in [-0.2, -0.15) is 11.8 Å². The maximum Gasteiger partial charge on any atom is 0.0406 e. The number of thioether (sulfide) groups is 1. The van der Waals surface area contributed by atoms with Gasteiger partial charge in [0.2, 0.25) is 0 Å². The van der Waals surface area contributed by atoms with Crippen molar-refractivity contribution >= 4 is 23.4 Å². The third-order valence-corrected chi connectivity index (χ3v) is 6.05. The molecule has 1 nitrogen and oxygen atoms in total. The molecule has 106 valence electrons. The number of nitrogens with two attached hydrogens (primary N) is 1. The van der Waals surface area contributed by atoms with E-state index in [1.807, 2.05) is 12.1 Å². The average molecular weight is 298 g/mol. The Labute approximate surface area is 126 Å². The number of benzene rings is 1. The van der Waals surface area contributed by atoms with E-state index in [1.165, 1.54) is 31.2 Å². The smallest absolute Gasteiger partial charge is 0.0406 e. The van der Waals surface area contributed by atoms with E-state index < -0.39 is 0 Å². The first-order chi connectivity index (χ1) is 9.22. The zero-order valence-corrected chi connectivity index (χ0v) is 13.2. The monoisotopic (exact) mass is 297 g/mol.